The number of fused-ring (bicyclic) bond motifs is 1. The van der Waals surface area contributed by atoms with Crippen LogP contribution < -0.4 is 5.73 Å². The Balaban J connectivity index is 2.23. The van der Waals surface area contributed by atoms with E-state index in [4.69, 9.17) is 5.73 Å². The Labute approximate surface area is 115 Å². The van der Waals surface area contributed by atoms with Crippen molar-refractivity contribution < 1.29 is 0 Å². The molecular formula is C16H25N3. The highest BCUT2D eigenvalue weighted by molar-refractivity contribution is 5.79. The molecule has 0 aliphatic rings. The van der Waals surface area contributed by atoms with Gasteiger partial charge >= 0.3 is 0 Å². The van der Waals surface area contributed by atoms with E-state index < -0.39 is 0 Å². The van der Waals surface area contributed by atoms with Gasteiger partial charge in [-0.05, 0) is 43.9 Å². The largest absolute Gasteiger partial charge is 0.369 e. The molecule has 2 N–H and O–H groups in total. The fourth-order valence-corrected chi connectivity index (χ4v) is 2.64. The lowest BCUT2D eigenvalue weighted by Gasteiger charge is -2.16. The number of nitrogen functional groups attached to an aromatic ring is 1. The molecule has 3 heteroatoms. The molecule has 1 unspecified atom stereocenters. The summed E-state index contributed by atoms with van der Waals surface area (Å²) in [6.45, 7) is 8.89. The molecule has 19 heavy (non-hydrogen) atoms. The molecule has 0 saturated carbocycles. The molecular weight excluding hydrogens is 234 g/mol. The molecule has 0 fully saturated rings. The summed E-state index contributed by atoms with van der Waals surface area (Å²) < 4.78 is 2.18. The van der Waals surface area contributed by atoms with Crippen molar-refractivity contribution in [2.75, 3.05) is 5.73 Å². The number of hydrogen-bond acceptors (Lipinski definition) is 2. The van der Waals surface area contributed by atoms with Gasteiger partial charge in [0.15, 0.2) is 0 Å². The lowest BCUT2D eigenvalue weighted by molar-refractivity contribution is 0.457. The number of aryl methyl sites for hydroxylation is 1. The van der Waals surface area contributed by atoms with Crippen LogP contribution in [0.3, 0.4) is 0 Å². The van der Waals surface area contributed by atoms with Crippen LogP contribution in [0.1, 0.15) is 51.6 Å². The van der Waals surface area contributed by atoms with Gasteiger partial charge in [-0.1, -0.05) is 32.8 Å². The van der Waals surface area contributed by atoms with E-state index in [0.717, 1.165) is 23.4 Å². The average Bonchev–Trinajstić information content (AvgIpc) is 2.63. The Kier molecular flexibility index (Phi) is 4.13. The van der Waals surface area contributed by atoms with E-state index in [1.54, 1.807) is 0 Å². The molecule has 1 atom stereocenters. The second kappa shape index (κ2) is 5.64. The predicted octanol–water partition coefficient (Wildman–Crippen LogP) is 4.31. The monoisotopic (exact) mass is 259 g/mol. The molecule has 0 aliphatic heterocycles. The van der Waals surface area contributed by atoms with Crippen molar-refractivity contribution in [1.82, 2.24) is 9.55 Å². The van der Waals surface area contributed by atoms with Crippen molar-refractivity contribution in [3.8, 4) is 0 Å². The molecule has 1 aromatic heterocycles. The minimum Gasteiger partial charge on any atom is -0.369 e. The second-order valence-corrected chi connectivity index (χ2v) is 6.01. The Morgan fingerprint density at radius 1 is 1.21 bits per heavy atom. The van der Waals surface area contributed by atoms with Gasteiger partial charge in [-0.25, -0.2) is 4.98 Å². The van der Waals surface area contributed by atoms with Crippen LogP contribution in [-0.4, -0.2) is 9.55 Å². The number of imidazole rings is 1. The summed E-state index contributed by atoms with van der Waals surface area (Å²) >= 11 is 0. The van der Waals surface area contributed by atoms with Gasteiger partial charge in [0.25, 0.3) is 0 Å². The molecule has 3 nitrogen and oxygen atoms in total. The smallest absolute Gasteiger partial charge is 0.201 e. The number of nitrogens with zero attached hydrogens (tertiary/aromatic N) is 2. The maximum absolute atomic E-state index is 6.09. The maximum Gasteiger partial charge on any atom is 0.201 e. The van der Waals surface area contributed by atoms with Crippen LogP contribution in [0.15, 0.2) is 18.2 Å². The molecule has 0 aliphatic carbocycles. The summed E-state index contributed by atoms with van der Waals surface area (Å²) in [5.41, 5.74) is 9.50. The summed E-state index contributed by atoms with van der Waals surface area (Å²) in [6.07, 6.45) is 3.67. The lowest BCUT2D eigenvalue weighted by Crippen LogP contribution is -2.09. The van der Waals surface area contributed by atoms with Crippen LogP contribution in [0, 0.1) is 12.8 Å². The van der Waals surface area contributed by atoms with Gasteiger partial charge in [-0.3, -0.25) is 0 Å². The normalized spacial score (nSPS) is 13.3. The van der Waals surface area contributed by atoms with Gasteiger partial charge in [0, 0.05) is 6.04 Å². The highest BCUT2D eigenvalue weighted by atomic mass is 15.2. The molecule has 1 aromatic carbocycles. The van der Waals surface area contributed by atoms with Gasteiger partial charge in [0.05, 0.1) is 11.0 Å². The van der Waals surface area contributed by atoms with Crippen molar-refractivity contribution in [3.63, 3.8) is 0 Å². The van der Waals surface area contributed by atoms with E-state index >= 15 is 0 Å². The Morgan fingerprint density at radius 2 is 1.95 bits per heavy atom. The fourth-order valence-electron chi connectivity index (χ4n) is 2.64. The standard InChI is InChI=1S/C16H25N3/c1-11(2)6-5-7-13(4)19-15-10-12(3)8-9-14(15)18-16(19)17/h8-11,13H,5-7H2,1-4H3,(H2,17,18). The summed E-state index contributed by atoms with van der Waals surface area (Å²) in [7, 11) is 0. The molecule has 0 bridgehead atoms. The number of rotatable bonds is 5. The first-order valence-corrected chi connectivity index (χ1v) is 7.23. The van der Waals surface area contributed by atoms with E-state index in [1.165, 1.54) is 18.4 Å². The Hall–Kier alpha value is -1.51. The van der Waals surface area contributed by atoms with E-state index in [-0.39, 0.29) is 0 Å². The molecule has 1 heterocycles. The Morgan fingerprint density at radius 3 is 2.63 bits per heavy atom. The molecule has 0 amide bonds. The quantitative estimate of drug-likeness (QED) is 0.869. The highest BCUT2D eigenvalue weighted by Crippen LogP contribution is 2.26. The average molecular weight is 259 g/mol. The number of benzene rings is 1. The number of nitrogens with two attached hydrogens (primary N) is 1. The first-order valence-electron chi connectivity index (χ1n) is 7.23. The van der Waals surface area contributed by atoms with E-state index in [2.05, 4.69) is 55.4 Å². The summed E-state index contributed by atoms with van der Waals surface area (Å²) in [4.78, 5) is 4.46. The third-order valence-electron chi connectivity index (χ3n) is 3.72. The van der Waals surface area contributed by atoms with Crippen molar-refractivity contribution in [2.24, 2.45) is 5.92 Å². The van der Waals surface area contributed by atoms with Crippen molar-refractivity contribution in [1.29, 1.82) is 0 Å². The zero-order chi connectivity index (χ0) is 14.0. The minimum atomic E-state index is 0.408. The van der Waals surface area contributed by atoms with Crippen LogP contribution in [0.4, 0.5) is 5.95 Å². The van der Waals surface area contributed by atoms with E-state index in [9.17, 15) is 0 Å². The van der Waals surface area contributed by atoms with Crippen LogP contribution in [0.5, 0.6) is 0 Å². The highest BCUT2D eigenvalue weighted by Gasteiger charge is 2.14. The number of hydrogen-bond donors (Lipinski definition) is 1. The van der Waals surface area contributed by atoms with Gasteiger partial charge < -0.3 is 10.3 Å². The minimum absolute atomic E-state index is 0.408. The summed E-state index contributed by atoms with van der Waals surface area (Å²) in [5.74, 6) is 1.41. The predicted molar refractivity (Wildman–Crippen MR) is 82.3 cm³/mol. The molecule has 2 aromatic rings. The van der Waals surface area contributed by atoms with Gasteiger partial charge in [-0.15, -0.1) is 0 Å². The molecule has 2 rings (SSSR count). The van der Waals surface area contributed by atoms with Crippen molar-refractivity contribution in [2.45, 2.75) is 53.0 Å². The van der Waals surface area contributed by atoms with Crippen LogP contribution in [0.2, 0.25) is 0 Å². The summed E-state index contributed by atoms with van der Waals surface area (Å²) in [6, 6.07) is 6.73. The van der Waals surface area contributed by atoms with Gasteiger partial charge in [0.1, 0.15) is 0 Å². The van der Waals surface area contributed by atoms with Crippen molar-refractivity contribution >= 4 is 17.0 Å². The van der Waals surface area contributed by atoms with Gasteiger partial charge in [0.2, 0.25) is 5.95 Å². The molecule has 0 radical (unpaired) electrons. The summed E-state index contributed by atoms with van der Waals surface area (Å²) in [5, 5.41) is 0. The SMILES string of the molecule is Cc1ccc2nc(N)n(C(C)CCCC(C)C)c2c1. The third kappa shape index (κ3) is 3.09. The molecule has 0 saturated heterocycles. The molecule has 0 spiro atoms. The zero-order valence-corrected chi connectivity index (χ0v) is 12.5. The topological polar surface area (TPSA) is 43.8 Å². The fraction of sp³-hybridized carbons (Fsp3) is 0.562. The van der Waals surface area contributed by atoms with E-state index in [0.29, 0.717) is 12.0 Å². The second-order valence-electron chi connectivity index (χ2n) is 6.01. The molecule has 104 valence electrons. The van der Waals surface area contributed by atoms with Crippen LogP contribution >= 0.6 is 0 Å². The first kappa shape index (κ1) is 13.9. The maximum atomic E-state index is 6.09. The zero-order valence-electron chi connectivity index (χ0n) is 12.5. The van der Waals surface area contributed by atoms with Crippen molar-refractivity contribution in [3.05, 3.63) is 23.8 Å². The first-order chi connectivity index (χ1) is 8.99. The van der Waals surface area contributed by atoms with E-state index in [1.807, 2.05) is 0 Å². The van der Waals surface area contributed by atoms with Gasteiger partial charge in [-0.2, -0.15) is 0 Å². The van der Waals surface area contributed by atoms with Crippen LogP contribution in [-0.2, 0) is 0 Å². The number of anilines is 1. The third-order valence-corrected chi connectivity index (χ3v) is 3.72. The lowest BCUT2D eigenvalue weighted by atomic mass is 10.0. The Bertz CT molecular complexity index is 554. The number of aromatic nitrogens is 2. The van der Waals surface area contributed by atoms with Crippen LogP contribution in [0.25, 0.3) is 11.0 Å².